The van der Waals surface area contributed by atoms with E-state index in [0.717, 1.165) is 0 Å². The van der Waals surface area contributed by atoms with E-state index < -0.39 is 16.1 Å². The van der Waals surface area contributed by atoms with Crippen LogP contribution in [0.1, 0.15) is 19.8 Å². The van der Waals surface area contributed by atoms with Gasteiger partial charge in [-0.15, -0.1) is 0 Å². The summed E-state index contributed by atoms with van der Waals surface area (Å²) in [6.07, 6.45) is 2.49. The highest BCUT2D eigenvalue weighted by atomic mass is 32.2. The molecule has 7 heteroatoms. The monoisotopic (exact) mass is 249 g/mol. The SMILES string of the molecule is CC(N)C(=O)NC1CCN(S(C)(=O)=O)CC1. The Morgan fingerprint density at radius 2 is 1.94 bits per heavy atom. The van der Waals surface area contributed by atoms with Gasteiger partial charge >= 0.3 is 0 Å². The van der Waals surface area contributed by atoms with Crippen LogP contribution in [0, 0.1) is 0 Å². The molecule has 0 aromatic carbocycles. The average molecular weight is 249 g/mol. The normalized spacial score (nSPS) is 21.7. The zero-order chi connectivity index (χ0) is 12.3. The first kappa shape index (κ1) is 13.4. The largest absolute Gasteiger partial charge is 0.352 e. The Morgan fingerprint density at radius 1 is 1.44 bits per heavy atom. The van der Waals surface area contributed by atoms with Crippen LogP contribution in [0.25, 0.3) is 0 Å². The Morgan fingerprint density at radius 3 is 2.31 bits per heavy atom. The van der Waals surface area contributed by atoms with Crippen molar-refractivity contribution >= 4 is 15.9 Å². The van der Waals surface area contributed by atoms with Crippen molar-refractivity contribution in [1.29, 1.82) is 0 Å². The van der Waals surface area contributed by atoms with Gasteiger partial charge in [0.15, 0.2) is 0 Å². The summed E-state index contributed by atoms with van der Waals surface area (Å²) < 4.78 is 23.9. The molecule has 0 saturated carbocycles. The molecule has 0 bridgehead atoms. The number of nitrogens with zero attached hydrogens (tertiary/aromatic N) is 1. The minimum atomic E-state index is -3.10. The smallest absolute Gasteiger partial charge is 0.236 e. The first-order valence-electron chi connectivity index (χ1n) is 5.32. The van der Waals surface area contributed by atoms with Gasteiger partial charge in [0.1, 0.15) is 0 Å². The van der Waals surface area contributed by atoms with Crippen LogP contribution in [-0.2, 0) is 14.8 Å². The molecule has 3 N–H and O–H groups in total. The van der Waals surface area contributed by atoms with Crippen LogP contribution in [0.4, 0.5) is 0 Å². The van der Waals surface area contributed by atoms with E-state index in [1.165, 1.54) is 10.6 Å². The van der Waals surface area contributed by atoms with Gasteiger partial charge in [-0.25, -0.2) is 12.7 Å². The first-order chi connectivity index (χ1) is 7.30. The van der Waals surface area contributed by atoms with E-state index >= 15 is 0 Å². The van der Waals surface area contributed by atoms with Crippen molar-refractivity contribution in [3.05, 3.63) is 0 Å². The number of carbonyl (C=O) groups excluding carboxylic acids is 1. The minimum Gasteiger partial charge on any atom is -0.352 e. The maximum absolute atomic E-state index is 11.3. The van der Waals surface area contributed by atoms with Crippen molar-refractivity contribution in [3.8, 4) is 0 Å². The van der Waals surface area contributed by atoms with E-state index in [1.54, 1.807) is 6.92 Å². The van der Waals surface area contributed by atoms with E-state index in [1.807, 2.05) is 0 Å². The van der Waals surface area contributed by atoms with Crippen molar-refractivity contribution in [2.24, 2.45) is 5.73 Å². The van der Waals surface area contributed by atoms with Crippen molar-refractivity contribution < 1.29 is 13.2 Å². The van der Waals surface area contributed by atoms with Gasteiger partial charge in [0.05, 0.1) is 12.3 Å². The maximum atomic E-state index is 11.3. The van der Waals surface area contributed by atoms with Crippen LogP contribution in [0.15, 0.2) is 0 Å². The topological polar surface area (TPSA) is 92.5 Å². The number of nitrogens with two attached hydrogens (primary N) is 1. The molecule has 1 rings (SSSR count). The fourth-order valence-corrected chi connectivity index (χ4v) is 2.54. The third kappa shape index (κ3) is 3.73. The Kier molecular flexibility index (Phi) is 4.28. The quantitative estimate of drug-likeness (QED) is 0.662. The van der Waals surface area contributed by atoms with Crippen LogP contribution in [-0.4, -0.2) is 50.1 Å². The molecule has 1 saturated heterocycles. The molecule has 0 aliphatic carbocycles. The highest BCUT2D eigenvalue weighted by Crippen LogP contribution is 2.13. The second-order valence-electron chi connectivity index (χ2n) is 4.23. The van der Waals surface area contributed by atoms with Crippen LogP contribution < -0.4 is 11.1 Å². The predicted molar refractivity (Wildman–Crippen MR) is 61.2 cm³/mol. The summed E-state index contributed by atoms with van der Waals surface area (Å²) >= 11 is 0. The number of hydrogen-bond donors (Lipinski definition) is 2. The fraction of sp³-hybridized carbons (Fsp3) is 0.889. The summed E-state index contributed by atoms with van der Waals surface area (Å²) in [6, 6.07) is -0.482. The number of sulfonamides is 1. The summed E-state index contributed by atoms with van der Waals surface area (Å²) in [6.45, 7) is 2.55. The van der Waals surface area contributed by atoms with Crippen molar-refractivity contribution in [2.75, 3.05) is 19.3 Å². The van der Waals surface area contributed by atoms with E-state index in [9.17, 15) is 13.2 Å². The van der Waals surface area contributed by atoms with Crippen LogP contribution >= 0.6 is 0 Å². The lowest BCUT2D eigenvalue weighted by molar-refractivity contribution is -0.122. The lowest BCUT2D eigenvalue weighted by atomic mass is 10.1. The molecule has 0 spiro atoms. The van der Waals surface area contributed by atoms with Gasteiger partial charge in [0, 0.05) is 19.1 Å². The first-order valence-corrected chi connectivity index (χ1v) is 7.16. The molecule has 6 nitrogen and oxygen atoms in total. The average Bonchev–Trinajstić information content (AvgIpc) is 2.17. The van der Waals surface area contributed by atoms with E-state index in [4.69, 9.17) is 5.73 Å². The van der Waals surface area contributed by atoms with E-state index in [2.05, 4.69) is 5.32 Å². The van der Waals surface area contributed by atoms with E-state index in [-0.39, 0.29) is 11.9 Å². The molecule has 1 aliphatic rings. The molecule has 1 unspecified atom stereocenters. The Hall–Kier alpha value is -0.660. The molecule has 1 aliphatic heterocycles. The molecular formula is C9H19N3O3S. The number of rotatable bonds is 3. The number of amides is 1. The summed E-state index contributed by atoms with van der Waals surface area (Å²) in [5.74, 6) is -0.183. The second-order valence-corrected chi connectivity index (χ2v) is 6.22. The van der Waals surface area contributed by atoms with Gasteiger partial charge in [-0.3, -0.25) is 4.79 Å². The standard InChI is InChI=1S/C9H19N3O3S/c1-7(10)9(13)11-8-3-5-12(6-4-8)16(2,14)15/h7-8H,3-6,10H2,1-2H3,(H,11,13). The Bertz CT molecular complexity index is 345. The molecule has 0 aromatic heterocycles. The molecule has 16 heavy (non-hydrogen) atoms. The molecule has 1 amide bonds. The van der Waals surface area contributed by atoms with Gasteiger partial charge < -0.3 is 11.1 Å². The summed E-state index contributed by atoms with van der Waals surface area (Å²) in [5, 5.41) is 2.80. The van der Waals surface area contributed by atoms with Gasteiger partial charge in [-0.2, -0.15) is 0 Å². The number of carbonyl (C=O) groups is 1. The molecule has 94 valence electrons. The van der Waals surface area contributed by atoms with Crippen molar-refractivity contribution in [3.63, 3.8) is 0 Å². The zero-order valence-electron chi connectivity index (χ0n) is 9.64. The van der Waals surface area contributed by atoms with Gasteiger partial charge in [-0.1, -0.05) is 0 Å². The summed E-state index contributed by atoms with van der Waals surface area (Å²) in [4.78, 5) is 11.3. The maximum Gasteiger partial charge on any atom is 0.236 e. The van der Waals surface area contributed by atoms with Crippen molar-refractivity contribution in [1.82, 2.24) is 9.62 Å². The fourth-order valence-electron chi connectivity index (χ4n) is 1.66. The Balaban J connectivity index is 2.41. The van der Waals surface area contributed by atoms with E-state index in [0.29, 0.717) is 25.9 Å². The number of piperidine rings is 1. The minimum absolute atomic E-state index is 0.0384. The molecule has 1 atom stereocenters. The molecule has 1 fully saturated rings. The van der Waals surface area contributed by atoms with Gasteiger partial charge in [-0.05, 0) is 19.8 Å². The predicted octanol–water partition coefficient (Wildman–Crippen LogP) is -1.13. The lowest BCUT2D eigenvalue weighted by Crippen LogP contribution is -2.49. The number of hydrogen-bond acceptors (Lipinski definition) is 4. The zero-order valence-corrected chi connectivity index (χ0v) is 10.5. The van der Waals surface area contributed by atoms with Crippen LogP contribution in [0.3, 0.4) is 0 Å². The van der Waals surface area contributed by atoms with Gasteiger partial charge in [0.25, 0.3) is 0 Å². The van der Waals surface area contributed by atoms with Crippen LogP contribution in [0.5, 0.6) is 0 Å². The third-order valence-corrected chi connectivity index (χ3v) is 3.99. The third-order valence-electron chi connectivity index (χ3n) is 2.68. The number of nitrogens with one attached hydrogen (secondary N) is 1. The highest BCUT2D eigenvalue weighted by Gasteiger charge is 2.26. The summed E-state index contributed by atoms with van der Waals surface area (Å²) in [5.41, 5.74) is 5.43. The molecular weight excluding hydrogens is 230 g/mol. The molecule has 0 radical (unpaired) electrons. The van der Waals surface area contributed by atoms with Gasteiger partial charge in [0.2, 0.25) is 15.9 Å². The van der Waals surface area contributed by atoms with Crippen molar-refractivity contribution in [2.45, 2.75) is 31.8 Å². The highest BCUT2D eigenvalue weighted by molar-refractivity contribution is 7.88. The molecule has 0 aromatic rings. The summed E-state index contributed by atoms with van der Waals surface area (Å²) in [7, 11) is -3.10. The Labute approximate surface area is 96.2 Å². The van der Waals surface area contributed by atoms with Crippen LogP contribution in [0.2, 0.25) is 0 Å². The lowest BCUT2D eigenvalue weighted by Gasteiger charge is -2.30. The second kappa shape index (κ2) is 5.11. The molecule has 1 heterocycles.